The van der Waals surface area contributed by atoms with Gasteiger partial charge in [0.15, 0.2) is 6.29 Å². The van der Waals surface area contributed by atoms with Gasteiger partial charge in [0.25, 0.3) is 0 Å². The van der Waals surface area contributed by atoms with E-state index < -0.39 is 0 Å². The summed E-state index contributed by atoms with van der Waals surface area (Å²) in [6.07, 6.45) is 0.602. The van der Waals surface area contributed by atoms with Crippen molar-refractivity contribution in [2.45, 2.75) is 37.9 Å². The van der Waals surface area contributed by atoms with E-state index in [0.29, 0.717) is 0 Å². The average molecular weight is 190 g/mol. The Labute approximate surface area is 79.1 Å². The largest absolute Gasteiger partial charge is 0.378 e. The third-order valence-corrected chi connectivity index (χ3v) is 2.46. The van der Waals surface area contributed by atoms with Crippen LogP contribution in [0, 0.1) is 0 Å². The second-order valence-corrected chi connectivity index (χ2v) is 3.22. The van der Waals surface area contributed by atoms with E-state index in [1.54, 1.807) is 21.3 Å². The van der Waals surface area contributed by atoms with E-state index >= 15 is 0 Å². The van der Waals surface area contributed by atoms with Crippen molar-refractivity contribution in [2.24, 2.45) is 0 Å². The molecule has 0 unspecified atom stereocenters. The van der Waals surface area contributed by atoms with Crippen LogP contribution in [0.4, 0.5) is 0 Å². The van der Waals surface area contributed by atoms with E-state index in [4.69, 9.17) is 18.9 Å². The molecule has 78 valence electrons. The Morgan fingerprint density at radius 1 is 1.08 bits per heavy atom. The monoisotopic (exact) mass is 190 g/mol. The van der Waals surface area contributed by atoms with Crippen LogP contribution in [-0.4, -0.2) is 45.9 Å². The molecule has 1 aliphatic heterocycles. The standard InChI is InChI=1S/C9H18O4/c1-6-9(12-4)7(10-2)5-8(11-3)13-6/h6-9H,5H2,1-4H3/t6-,7+,8+,9-/m0/s1. The Kier molecular flexibility index (Phi) is 4.12. The molecule has 0 bridgehead atoms. The zero-order valence-electron chi connectivity index (χ0n) is 8.65. The van der Waals surface area contributed by atoms with E-state index in [0.717, 1.165) is 6.42 Å². The summed E-state index contributed by atoms with van der Waals surface area (Å²) in [5, 5.41) is 0. The van der Waals surface area contributed by atoms with Gasteiger partial charge in [-0.3, -0.25) is 0 Å². The van der Waals surface area contributed by atoms with Crippen LogP contribution >= 0.6 is 0 Å². The first-order chi connectivity index (χ1) is 6.22. The van der Waals surface area contributed by atoms with Crippen LogP contribution in [0.5, 0.6) is 0 Å². The van der Waals surface area contributed by atoms with E-state index in [1.807, 2.05) is 6.92 Å². The molecule has 0 aromatic carbocycles. The molecule has 0 saturated carbocycles. The molecule has 0 radical (unpaired) electrons. The highest BCUT2D eigenvalue weighted by Crippen LogP contribution is 2.24. The van der Waals surface area contributed by atoms with Gasteiger partial charge in [-0.05, 0) is 6.92 Å². The lowest BCUT2D eigenvalue weighted by Crippen LogP contribution is -2.49. The summed E-state index contributed by atoms with van der Waals surface area (Å²) in [4.78, 5) is 0. The molecule has 13 heavy (non-hydrogen) atoms. The van der Waals surface area contributed by atoms with Crippen molar-refractivity contribution >= 4 is 0 Å². The summed E-state index contributed by atoms with van der Waals surface area (Å²) in [6.45, 7) is 1.96. The first-order valence-corrected chi connectivity index (χ1v) is 4.46. The van der Waals surface area contributed by atoms with Gasteiger partial charge in [0.2, 0.25) is 0 Å². The van der Waals surface area contributed by atoms with E-state index in [1.165, 1.54) is 0 Å². The van der Waals surface area contributed by atoms with Gasteiger partial charge in [-0.2, -0.15) is 0 Å². The zero-order valence-corrected chi connectivity index (χ0v) is 8.65. The minimum absolute atomic E-state index is 0.00333. The lowest BCUT2D eigenvalue weighted by molar-refractivity contribution is -0.246. The van der Waals surface area contributed by atoms with Gasteiger partial charge in [-0.25, -0.2) is 0 Å². The van der Waals surface area contributed by atoms with Gasteiger partial charge >= 0.3 is 0 Å². The molecular weight excluding hydrogens is 172 g/mol. The fourth-order valence-corrected chi connectivity index (χ4v) is 1.72. The molecule has 0 aliphatic carbocycles. The van der Waals surface area contributed by atoms with Gasteiger partial charge in [0.05, 0.1) is 12.2 Å². The van der Waals surface area contributed by atoms with Crippen molar-refractivity contribution < 1.29 is 18.9 Å². The van der Waals surface area contributed by atoms with Gasteiger partial charge in [-0.15, -0.1) is 0 Å². The Morgan fingerprint density at radius 2 is 1.77 bits per heavy atom. The third kappa shape index (κ3) is 2.40. The molecule has 0 aromatic rings. The highest BCUT2D eigenvalue weighted by molar-refractivity contribution is 4.82. The molecular formula is C9H18O4. The summed E-state index contributed by atoms with van der Waals surface area (Å²) in [7, 11) is 4.99. The van der Waals surface area contributed by atoms with Gasteiger partial charge in [-0.1, -0.05) is 0 Å². The molecule has 4 heteroatoms. The first kappa shape index (κ1) is 10.9. The Bertz CT molecular complexity index is 151. The van der Waals surface area contributed by atoms with Crippen molar-refractivity contribution in [1.82, 2.24) is 0 Å². The van der Waals surface area contributed by atoms with Crippen LogP contribution in [0.2, 0.25) is 0 Å². The Balaban J connectivity index is 2.57. The van der Waals surface area contributed by atoms with Gasteiger partial charge in [0, 0.05) is 27.8 Å². The van der Waals surface area contributed by atoms with Crippen LogP contribution in [0.25, 0.3) is 0 Å². The number of hydrogen-bond donors (Lipinski definition) is 0. The molecule has 1 rings (SSSR count). The van der Waals surface area contributed by atoms with E-state index in [-0.39, 0.29) is 24.6 Å². The fourth-order valence-electron chi connectivity index (χ4n) is 1.72. The highest BCUT2D eigenvalue weighted by Gasteiger charge is 2.36. The zero-order chi connectivity index (χ0) is 9.84. The van der Waals surface area contributed by atoms with Crippen molar-refractivity contribution in [3.05, 3.63) is 0 Å². The van der Waals surface area contributed by atoms with Crippen LogP contribution in [0.15, 0.2) is 0 Å². The summed E-state index contributed by atoms with van der Waals surface area (Å²) >= 11 is 0. The van der Waals surface area contributed by atoms with Crippen molar-refractivity contribution in [2.75, 3.05) is 21.3 Å². The van der Waals surface area contributed by atoms with E-state index in [9.17, 15) is 0 Å². The average Bonchev–Trinajstić information content (AvgIpc) is 2.16. The van der Waals surface area contributed by atoms with Crippen molar-refractivity contribution in [3.63, 3.8) is 0 Å². The first-order valence-electron chi connectivity index (χ1n) is 4.46. The summed E-state index contributed by atoms with van der Waals surface area (Å²) < 4.78 is 21.3. The predicted molar refractivity (Wildman–Crippen MR) is 47.6 cm³/mol. The normalized spacial score (nSPS) is 40.6. The minimum atomic E-state index is -0.175. The lowest BCUT2D eigenvalue weighted by Gasteiger charge is -2.38. The Hall–Kier alpha value is -0.160. The SMILES string of the molecule is CO[C@H]1C[C@@H](OC)[C@@H](OC)[C@H](C)O1. The number of rotatable bonds is 3. The lowest BCUT2D eigenvalue weighted by atomic mass is 10.0. The number of methoxy groups -OCH3 is 3. The minimum Gasteiger partial charge on any atom is -0.378 e. The predicted octanol–water partition coefficient (Wildman–Crippen LogP) is 0.798. The van der Waals surface area contributed by atoms with Gasteiger partial charge in [0.1, 0.15) is 6.10 Å². The van der Waals surface area contributed by atoms with Crippen molar-refractivity contribution in [3.8, 4) is 0 Å². The molecule has 1 fully saturated rings. The maximum atomic E-state index is 5.54. The molecule has 4 atom stereocenters. The van der Waals surface area contributed by atoms with Crippen LogP contribution < -0.4 is 0 Å². The molecule has 1 saturated heterocycles. The van der Waals surface area contributed by atoms with Gasteiger partial charge < -0.3 is 18.9 Å². The second-order valence-electron chi connectivity index (χ2n) is 3.22. The molecule has 1 heterocycles. The number of ether oxygens (including phenoxy) is 4. The highest BCUT2D eigenvalue weighted by atomic mass is 16.7. The summed E-state index contributed by atoms with van der Waals surface area (Å²) in [5.41, 5.74) is 0. The maximum absolute atomic E-state index is 5.54. The molecule has 0 aromatic heterocycles. The summed E-state index contributed by atoms with van der Waals surface area (Å²) in [5.74, 6) is 0. The summed E-state index contributed by atoms with van der Waals surface area (Å²) in [6, 6.07) is 0. The van der Waals surface area contributed by atoms with E-state index in [2.05, 4.69) is 0 Å². The maximum Gasteiger partial charge on any atom is 0.160 e. The molecule has 0 spiro atoms. The second kappa shape index (κ2) is 4.91. The van der Waals surface area contributed by atoms with Crippen LogP contribution in [0.1, 0.15) is 13.3 Å². The molecule has 0 N–H and O–H groups in total. The smallest absolute Gasteiger partial charge is 0.160 e. The number of hydrogen-bond acceptors (Lipinski definition) is 4. The Morgan fingerprint density at radius 3 is 2.23 bits per heavy atom. The molecule has 4 nitrogen and oxygen atoms in total. The quantitative estimate of drug-likeness (QED) is 0.659. The van der Waals surface area contributed by atoms with Crippen LogP contribution in [-0.2, 0) is 18.9 Å². The van der Waals surface area contributed by atoms with Crippen molar-refractivity contribution in [1.29, 1.82) is 0 Å². The molecule has 0 amide bonds. The van der Waals surface area contributed by atoms with Crippen LogP contribution in [0.3, 0.4) is 0 Å². The third-order valence-electron chi connectivity index (χ3n) is 2.46. The fraction of sp³-hybridized carbons (Fsp3) is 1.00. The molecule has 1 aliphatic rings. The topological polar surface area (TPSA) is 36.9 Å².